The number of hydrogen-bond acceptors (Lipinski definition) is 4. The Bertz CT molecular complexity index is 474. The number of hydrogen-bond donors (Lipinski definition) is 1. The Morgan fingerprint density at radius 3 is 2.50 bits per heavy atom. The summed E-state index contributed by atoms with van der Waals surface area (Å²) in [6.07, 6.45) is 0. The molecule has 0 aliphatic rings. The van der Waals surface area contributed by atoms with Crippen LogP contribution in [-0.4, -0.2) is 4.98 Å². The quantitative estimate of drug-likeness (QED) is 0.868. The SMILES string of the molecule is Cc1csc(C(C)NC(c2cccs2)C(C)C)n1. The van der Waals surface area contributed by atoms with Gasteiger partial charge in [-0.2, -0.15) is 0 Å². The van der Waals surface area contributed by atoms with Gasteiger partial charge in [-0.25, -0.2) is 4.98 Å². The van der Waals surface area contributed by atoms with E-state index in [0.717, 1.165) is 5.69 Å². The van der Waals surface area contributed by atoms with Crippen molar-refractivity contribution in [3.05, 3.63) is 38.5 Å². The van der Waals surface area contributed by atoms with Gasteiger partial charge in [0.05, 0.1) is 6.04 Å². The fourth-order valence-electron chi connectivity index (χ4n) is 1.98. The van der Waals surface area contributed by atoms with E-state index in [1.807, 2.05) is 18.3 Å². The lowest BCUT2D eigenvalue weighted by Gasteiger charge is -2.24. The molecule has 1 N–H and O–H groups in total. The van der Waals surface area contributed by atoms with E-state index < -0.39 is 0 Å². The van der Waals surface area contributed by atoms with Crippen molar-refractivity contribution in [2.45, 2.75) is 39.8 Å². The summed E-state index contributed by atoms with van der Waals surface area (Å²) in [5.41, 5.74) is 1.11. The monoisotopic (exact) mass is 280 g/mol. The third-order valence-electron chi connectivity index (χ3n) is 2.95. The third-order valence-corrected chi connectivity index (χ3v) is 5.05. The minimum Gasteiger partial charge on any atom is -0.300 e. The maximum Gasteiger partial charge on any atom is 0.110 e. The number of thiazole rings is 1. The van der Waals surface area contributed by atoms with Crippen molar-refractivity contribution in [1.82, 2.24) is 10.3 Å². The van der Waals surface area contributed by atoms with Crippen LogP contribution in [0.3, 0.4) is 0 Å². The van der Waals surface area contributed by atoms with Gasteiger partial charge in [0, 0.05) is 22.0 Å². The molecule has 2 atom stereocenters. The molecule has 2 unspecified atom stereocenters. The summed E-state index contributed by atoms with van der Waals surface area (Å²) >= 11 is 3.56. The van der Waals surface area contributed by atoms with Gasteiger partial charge in [-0.3, -0.25) is 0 Å². The molecule has 2 aromatic rings. The van der Waals surface area contributed by atoms with E-state index in [-0.39, 0.29) is 0 Å². The minimum atomic E-state index is 0.304. The molecule has 0 spiro atoms. The molecule has 0 radical (unpaired) electrons. The molecule has 0 bridgehead atoms. The fourth-order valence-corrected chi connectivity index (χ4v) is 3.75. The second-order valence-corrected chi connectivity index (χ2v) is 6.82. The van der Waals surface area contributed by atoms with Gasteiger partial charge in [-0.15, -0.1) is 22.7 Å². The highest BCUT2D eigenvalue weighted by molar-refractivity contribution is 7.10. The molecule has 2 nitrogen and oxygen atoms in total. The van der Waals surface area contributed by atoms with E-state index in [1.54, 1.807) is 11.3 Å². The van der Waals surface area contributed by atoms with Gasteiger partial charge in [0.25, 0.3) is 0 Å². The number of aromatic nitrogens is 1. The molecule has 2 aromatic heterocycles. The molecule has 0 aromatic carbocycles. The maximum absolute atomic E-state index is 4.56. The smallest absolute Gasteiger partial charge is 0.110 e. The summed E-state index contributed by atoms with van der Waals surface area (Å²) in [7, 11) is 0. The molecule has 98 valence electrons. The summed E-state index contributed by atoms with van der Waals surface area (Å²) in [6, 6.07) is 5.04. The first-order chi connectivity index (χ1) is 8.58. The van der Waals surface area contributed by atoms with Gasteiger partial charge < -0.3 is 5.32 Å². The van der Waals surface area contributed by atoms with Gasteiger partial charge in [-0.1, -0.05) is 19.9 Å². The van der Waals surface area contributed by atoms with Crippen LogP contribution in [0.4, 0.5) is 0 Å². The molecule has 0 saturated heterocycles. The van der Waals surface area contributed by atoms with Crippen molar-refractivity contribution in [1.29, 1.82) is 0 Å². The van der Waals surface area contributed by atoms with E-state index in [4.69, 9.17) is 0 Å². The van der Waals surface area contributed by atoms with Crippen molar-refractivity contribution < 1.29 is 0 Å². The van der Waals surface area contributed by atoms with Crippen molar-refractivity contribution >= 4 is 22.7 Å². The molecule has 2 rings (SSSR count). The van der Waals surface area contributed by atoms with Gasteiger partial charge in [-0.05, 0) is 31.2 Å². The Morgan fingerprint density at radius 2 is 2.00 bits per heavy atom. The molecule has 0 saturated carbocycles. The second kappa shape index (κ2) is 5.95. The summed E-state index contributed by atoms with van der Waals surface area (Å²) in [5, 5.41) is 9.14. The van der Waals surface area contributed by atoms with Crippen LogP contribution >= 0.6 is 22.7 Å². The molecular formula is C14H20N2S2. The summed E-state index contributed by atoms with van der Waals surface area (Å²) < 4.78 is 0. The van der Waals surface area contributed by atoms with E-state index in [9.17, 15) is 0 Å². The van der Waals surface area contributed by atoms with Crippen molar-refractivity contribution in [2.24, 2.45) is 5.92 Å². The molecule has 4 heteroatoms. The minimum absolute atomic E-state index is 0.304. The lowest BCUT2D eigenvalue weighted by molar-refractivity contribution is 0.379. The second-order valence-electron chi connectivity index (χ2n) is 4.95. The Morgan fingerprint density at radius 1 is 1.22 bits per heavy atom. The predicted octanol–water partition coefficient (Wildman–Crippen LogP) is 4.56. The molecular weight excluding hydrogens is 260 g/mol. The van der Waals surface area contributed by atoms with Gasteiger partial charge in [0.1, 0.15) is 5.01 Å². The largest absolute Gasteiger partial charge is 0.300 e. The van der Waals surface area contributed by atoms with E-state index >= 15 is 0 Å². The van der Waals surface area contributed by atoms with E-state index in [2.05, 4.69) is 54.0 Å². The Labute approximate surface area is 117 Å². The topological polar surface area (TPSA) is 24.9 Å². The first kappa shape index (κ1) is 13.7. The first-order valence-electron chi connectivity index (χ1n) is 6.29. The molecule has 0 aliphatic heterocycles. The van der Waals surface area contributed by atoms with Gasteiger partial charge in [0.15, 0.2) is 0 Å². The van der Waals surface area contributed by atoms with Crippen LogP contribution in [0.25, 0.3) is 0 Å². The van der Waals surface area contributed by atoms with Crippen molar-refractivity contribution in [3.8, 4) is 0 Å². The zero-order valence-corrected chi connectivity index (χ0v) is 12.9. The van der Waals surface area contributed by atoms with Crippen LogP contribution in [-0.2, 0) is 0 Å². The van der Waals surface area contributed by atoms with Crippen LogP contribution in [0.2, 0.25) is 0 Å². The maximum atomic E-state index is 4.56. The standard InChI is InChI=1S/C14H20N2S2/c1-9(2)13(12-6-5-7-17-12)16-11(4)14-15-10(3)8-18-14/h5-9,11,13,16H,1-4H3. The lowest BCUT2D eigenvalue weighted by atomic mass is 10.0. The van der Waals surface area contributed by atoms with Crippen molar-refractivity contribution in [2.75, 3.05) is 0 Å². The predicted molar refractivity (Wildman–Crippen MR) is 80.3 cm³/mol. The van der Waals surface area contributed by atoms with Gasteiger partial charge in [0.2, 0.25) is 0 Å². The summed E-state index contributed by atoms with van der Waals surface area (Å²) in [6.45, 7) is 8.77. The number of rotatable bonds is 5. The highest BCUT2D eigenvalue weighted by Gasteiger charge is 2.20. The van der Waals surface area contributed by atoms with E-state index in [1.165, 1.54) is 9.88 Å². The highest BCUT2D eigenvalue weighted by atomic mass is 32.1. The Balaban J connectivity index is 2.10. The number of nitrogens with zero attached hydrogens (tertiary/aromatic N) is 1. The van der Waals surface area contributed by atoms with Crippen LogP contribution in [0.1, 0.15) is 48.4 Å². The number of thiophene rings is 1. The Kier molecular flexibility index (Phi) is 4.54. The van der Waals surface area contributed by atoms with Crippen molar-refractivity contribution in [3.63, 3.8) is 0 Å². The number of nitrogens with one attached hydrogen (secondary N) is 1. The van der Waals surface area contributed by atoms with E-state index in [0.29, 0.717) is 18.0 Å². The zero-order chi connectivity index (χ0) is 13.1. The average molecular weight is 280 g/mol. The first-order valence-corrected chi connectivity index (χ1v) is 8.05. The fraction of sp³-hybridized carbons (Fsp3) is 0.500. The Hall–Kier alpha value is -0.710. The average Bonchev–Trinajstić information content (AvgIpc) is 2.95. The van der Waals surface area contributed by atoms with Crippen LogP contribution in [0.5, 0.6) is 0 Å². The summed E-state index contributed by atoms with van der Waals surface area (Å²) in [4.78, 5) is 5.97. The molecule has 18 heavy (non-hydrogen) atoms. The molecule has 0 fully saturated rings. The van der Waals surface area contributed by atoms with Crippen LogP contribution in [0.15, 0.2) is 22.9 Å². The molecule has 2 heterocycles. The van der Waals surface area contributed by atoms with Crippen LogP contribution < -0.4 is 5.32 Å². The highest BCUT2D eigenvalue weighted by Crippen LogP contribution is 2.29. The molecule has 0 aliphatic carbocycles. The third kappa shape index (κ3) is 3.19. The van der Waals surface area contributed by atoms with Gasteiger partial charge >= 0.3 is 0 Å². The van der Waals surface area contributed by atoms with Crippen LogP contribution in [0, 0.1) is 12.8 Å². The summed E-state index contributed by atoms with van der Waals surface area (Å²) in [5.74, 6) is 0.576. The molecule has 0 amide bonds. The zero-order valence-electron chi connectivity index (χ0n) is 11.3. The lowest BCUT2D eigenvalue weighted by Crippen LogP contribution is -2.27. The normalized spacial score (nSPS) is 14.9. The number of aryl methyl sites for hydroxylation is 1.